The first-order chi connectivity index (χ1) is 37.4. The van der Waals surface area contributed by atoms with Crippen molar-refractivity contribution in [1.29, 1.82) is 0 Å². The summed E-state index contributed by atoms with van der Waals surface area (Å²) in [6.07, 6.45) is 76.3. The number of amides is 1. The molecule has 0 saturated carbocycles. The zero-order valence-electron chi connectivity index (χ0n) is 50.4. The number of quaternary nitrogens is 1. The average molecular weight is 1090 g/mol. The number of unbranched alkanes of at least 4 members (excludes halogenated alkanes) is 23. The standard InChI is InChI=1S/C67H117N2O7P/c1-7-10-13-16-19-22-25-28-30-32-33-34-35-37-39-42-45-48-51-54-57-60-67(71)76-65(58-55-52-49-46-43-40-27-24-21-18-15-12-9-3)64(63-75-77(72,73)74-62-61-69(4,5)6)68-66(70)59-56-53-50-47-44-41-38-36-31-29-26-23-20-17-14-11-8-2/h19-20,22-23,28-31,33-34,37-39,41,47,50,55,58,64-65H,7-18,21,24-27,32,35-36,40,42-46,48-49,51-54,56-57,59-63H2,1-6H3,(H-,68,70,72,73)/b22-19-,23-20-,30-28-,31-29-,34-33-,39-37-,41-38-,50-47-,58-55+. The lowest BCUT2D eigenvalue weighted by molar-refractivity contribution is -0.870. The van der Waals surface area contributed by atoms with Crippen LogP contribution >= 0.6 is 7.82 Å². The Labute approximate surface area is 474 Å². The van der Waals surface area contributed by atoms with Crippen LogP contribution in [0.3, 0.4) is 0 Å². The third-order valence-corrected chi connectivity index (χ3v) is 14.1. The maximum atomic E-state index is 13.5. The Morgan fingerprint density at radius 2 is 0.805 bits per heavy atom. The zero-order chi connectivity index (χ0) is 56.4. The number of nitrogens with one attached hydrogen (secondary N) is 1. The molecule has 0 rings (SSSR count). The molecule has 0 fully saturated rings. The van der Waals surface area contributed by atoms with E-state index in [1.807, 2.05) is 33.3 Å². The third-order valence-electron chi connectivity index (χ3n) is 13.2. The minimum atomic E-state index is -4.73. The fourth-order valence-corrected chi connectivity index (χ4v) is 9.04. The van der Waals surface area contributed by atoms with Gasteiger partial charge in [-0.2, -0.15) is 0 Å². The molecular formula is C67H117N2O7P. The van der Waals surface area contributed by atoms with Crippen LogP contribution in [0.4, 0.5) is 0 Å². The Hall–Kier alpha value is -3.33. The fraction of sp³-hybridized carbons (Fsp3) is 0.701. The maximum absolute atomic E-state index is 13.5. The second-order valence-electron chi connectivity index (χ2n) is 21.8. The van der Waals surface area contributed by atoms with Crippen LogP contribution < -0.4 is 10.2 Å². The van der Waals surface area contributed by atoms with Crippen LogP contribution in [0.25, 0.3) is 0 Å². The number of phosphoric ester groups is 1. The third kappa shape index (κ3) is 57.2. The van der Waals surface area contributed by atoms with E-state index in [9.17, 15) is 19.0 Å². The number of phosphoric acid groups is 1. The molecule has 442 valence electrons. The Morgan fingerprint density at radius 1 is 0.455 bits per heavy atom. The molecule has 0 aromatic carbocycles. The number of esters is 1. The van der Waals surface area contributed by atoms with Gasteiger partial charge in [0.2, 0.25) is 5.91 Å². The van der Waals surface area contributed by atoms with Gasteiger partial charge in [-0.25, -0.2) is 0 Å². The number of hydrogen-bond donors (Lipinski definition) is 1. The smallest absolute Gasteiger partial charge is 0.306 e. The number of likely N-dealkylation sites (N-methyl/N-ethyl adjacent to an activating group) is 1. The van der Waals surface area contributed by atoms with Gasteiger partial charge in [0.15, 0.2) is 0 Å². The van der Waals surface area contributed by atoms with Crippen LogP contribution in [-0.4, -0.2) is 69.4 Å². The van der Waals surface area contributed by atoms with Crippen molar-refractivity contribution in [3.05, 3.63) is 109 Å². The van der Waals surface area contributed by atoms with Gasteiger partial charge < -0.3 is 28.5 Å². The second kappa shape index (κ2) is 56.0. The quantitative estimate of drug-likeness (QED) is 0.0212. The van der Waals surface area contributed by atoms with Crippen molar-refractivity contribution in [2.45, 2.75) is 264 Å². The van der Waals surface area contributed by atoms with E-state index >= 15 is 0 Å². The number of carbonyl (C=O) groups excluding carboxylic acids is 2. The van der Waals surface area contributed by atoms with Crippen LogP contribution in [0, 0.1) is 0 Å². The summed E-state index contributed by atoms with van der Waals surface area (Å²) in [7, 11) is 1.13. The summed E-state index contributed by atoms with van der Waals surface area (Å²) in [6, 6.07) is -0.932. The van der Waals surface area contributed by atoms with Crippen LogP contribution in [0.1, 0.15) is 252 Å². The summed E-state index contributed by atoms with van der Waals surface area (Å²) < 4.78 is 30.3. The van der Waals surface area contributed by atoms with E-state index in [1.54, 1.807) is 0 Å². The normalized spacial score (nSPS) is 14.4. The van der Waals surface area contributed by atoms with E-state index in [4.69, 9.17) is 13.8 Å². The van der Waals surface area contributed by atoms with Gasteiger partial charge in [0.05, 0.1) is 33.8 Å². The fourth-order valence-electron chi connectivity index (χ4n) is 8.32. The van der Waals surface area contributed by atoms with E-state index in [1.165, 1.54) is 109 Å². The zero-order valence-corrected chi connectivity index (χ0v) is 51.3. The first kappa shape index (κ1) is 73.7. The summed E-state index contributed by atoms with van der Waals surface area (Å²) in [6.45, 7) is 6.72. The first-order valence-electron chi connectivity index (χ1n) is 31.2. The molecule has 0 spiro atoms. The van der Waals surface area contributed by atoms with E-state index in [0.717, 1.165) is 96.3 Å². The van der Waals surface area contributed by atoms with Crippen molar-refractivity contribution in [3.63, 3.8) is 0 Å². The van der Waals surface area contributed by atoms with E-state index < -0.39 is 26.6 Å². The summed E-state index contributed by atoms with van der Waals surface area (Å²) >= 11 is 0. The Bertz CT molecular complexity index is 1690. The lowest BCUT2D eigenvalue weighted by Crippen LogP contribution is -2.47. The molecule has 9 nitrogen and oxygen atoms in total. The molecule has 0 heterocycles. The lowest BCUT2D eigenvalue weighted by Gasteiger charge is -2.30. The van der Waals surface area contributed by atoms with Gasteiger partial charge >= 0.3 is 5.97 Å². The van der Waals surface area contributed by atoms with Crippen molar-refractivity contribution in [2.24, 2.45) is 0 Å². The van der Waals surface area contributed by atoms with Gasteiger partial charge in [-0.15, -0.1) is 0 Å². The van der Waals surface area contributed by atoms with Crippen LogP contribution in [-0.2, 0) is 27.9 Å². The second-order valence-corrected chi connectivity index (χ2v) is 23.3. The molecule has 0 radical (unpaired) electrons. The van der Waals surface area contributed by atoms with Gasteiger partial charge in [0.25, 0.3) is 7.82 Å². The van der Waals surface area contributed by atoms with E-state index in [0.29, 0.717) is 23.9 Å². The molecule has 1 N–H and O–H groups in total. The Kier molecular flexibility index (Phi) is 53.5. The summed E-state index contributed by atoms with van der Waals surface area (Å²) in [5.74, 6) is -0.633. The van der Waals surface area contributed by atoms with Crippen molar-refractivity contribution < 1.29 is 37.3 Å². The highest BCUT2D eigenvalue weighted by Crippen LogP contribution is 2.38. The highest BCUT2D eigenvalue weighted by molar-refractivity contribution is 7.45. The van der Waals surface area contributed by atoms with Crippen LogP contribution in [0.5, 0.6) is 0 Å². The molecule has 0 bridgehead atoms. The molecular weight excluding hydrogens is 976 g/mol. The van der Waals surface area contributed by atoms with Crippen LogP contribution in [0.2, 0.25) is 0 Å². The molecule has 3 atom stereocenters. The van der Waals surface area contributed by atoms with Crippen molar-refractivity contribution in [1.82, 2.24) is 5.32 Å². The number of allylic oxidation sites excluding steroid dienone is 17. The Balaban J connectivity index is 5.42. The molecule has 0 aliphatic heterocycles. The molecule has 3 unspecified atom stereocenters. The molecule has 0 aliphatic carbocycles. The maximum Gasteiger partial charge on any atom is 0.306 e. The number of ether oxygens (including phenoxy) is 1. The summed E-state index contributed by atoms with van der Waals surface area (Å²) in [4.78, 5) is 40.0. The van der Waals surface area contributed by atoms with Crippen LogP contribution in [0.15, 0.2) is 109 Å². The summed E-state index contributed by atoms with van der Waals surface area (Å²) in [5.41, 5.74) is 0. The van der Waals surface area contributed by atoms with Crippen molar-refractivity contribution in [3.8, 4) is 0 Å². The monoisotopic (exact) mass is 1090 g/mol. The molecule has 10 heteroatoms. The van der Waals surface area contributed by atoms with E-state index in [2.05, 4.69) is 123 Å². The van der Waals surface area contributed by atoms with Gasteiger partial charge in [-0.3, -0.25) is 14.2 Å². The van der Waals surface area contributed by atoms with Gasteiger partial charge in [0, 0.05) is 12.8 Å². The SMILES string of the molecule is CCCCC/C=C\C/C=C\C/C=C\C/C=C\CCCCCCCC(=O)OC(/C=C/CCCCCCCCCCCCC)C(COP(=O)([O-])OCC[N+](C)(C)C)NC(=O)CCC/C=C\C/C=C\C/C=C\C/C=C\CCCCC. The molecule has 1 amide bonds. The molecule has 77 heavy (non-hydrogen) atoms. The lowest BCUT2D eigenvalue weighted by atomic mass is 10.0. The van der Waals surface area contributed by atoms with Gasteiger partial charge in [0.1, 0.15) is 19.3 Å². The Morgan fingerprint density at radius 3 is 1.23 bits per heavy atom. The van der Waals surface area contributed by atoms with Crippen molar-refractivity contribution in [2.75, 3.05) is 40.9 Å². The topological polar surface area (TPSA) is 114 Å². The predicted octanol–water partition coefficient (Wildman–Crippen LogP) is 18.7. The minimum absolute atomic E-state index is 0.0411. The number of rotatable bonds is 55. The predicted molar refractivity (Wildman–Crippen MR) is 330 cm³/mol. The number of nitrogens with zero attached hydrogens (tertiary/aromatic N) is 1. The minimum Gasteiger partial charge on any atom is -0.756 e. The average Bonchev–Trinajstić information content (AvgIpc) is 3.39. The molecule has 0 aromatic rings. The highest BCUT2D eigenvalue weighted by Gasteiger charge is 2.27. The van der Waals surface area contributed by atoms with E-state index in [-0.39, 0.29) is 31.3 Å². The largest absolute Gasteiger partial charge is 0.756 e. The molecule has 0 aliphatic rings. The van der Waals surface area contributed by atoms with Gasteiger partial charge in [-0.1, -0.05) is 233 Å². The highest BCUT2D eigenvalue weighted by atomic mass is 31.2. The molecule has 0 saturated heterocycles. The van der Waals surface area contributed by atoms with Crippen molar-refractivity contribution >= 4 is 19.7 Å². The van der Waals surface area contributed by atoms with Gasteiger partial charge in [-0.05, 0) is 115 Å². The first-order valence-corrected chi connectivity index (χ1v) is 32.7. The number of hydrogen-bond acceptors (Lipinski definition) is 7. The number of carbonyl (C=O) groups is 2. The summed E-state index contributed by atoms with van der Waals surface area (Å²) in [5, 5.41) is 2.99. The molecule has 0 aromatic heterocycles.